The van der Waals surface area contributed by atoms with Crippen LogP contribution in [0.2, 0.25) is 0 Å². The number of halogens is 3. The topological polar surface area (TPSA) is 50.4 Å². The van der Waals surface area contributed by atoms with Crippen LogP contribution in [0.1, 0.15) is 22.3 Å². The van der Waals surface area contributed by atoms with Crippen molar-refractivity contribution in [2.75, 3.05) is 26.7 Å². The van der Waals surface area contributed by atoms with Gasteiger partial charge in [-0.25, -0.2) is 0 Å². The normalized spacial score (nSPS) is 29.2. The van der Waals surface area contributed by atoms with Crippen LogP contribution in [0, 0.1) is 10.8 Å². The van der Waals surface area contributed by atoms with E-state index >= 15 is 0 Å². The molecule has 126 valence electrons. The van der Waals surface area contributed by atoms with Crippen LogP contribution in [0.4, 0.5) is 13.2 Å². The second-order valence-electron chi connectivity index (χ2n) is 6.45. The van der Waals surface area contributed by atoms with Crippen molar-refractivity contribution in [3.63, 3.8) is 0 Å². The van der Waals surface area contributed by atoms with Gasteiger partial charge in [-0.05, 0) is 24.1 Å². The Bertz CT molecular complexity index is 602. The third-order valence-corrected chi connectivity index (χ3v) is 5.08. The zero-order valence-corrected chi connectivity index (χ0v) is 12.8. The molecule has 1 saturated heterocycles. The number of methoxy groups -OCH3 is 1. The first-order chi connectivity index (χ1) is 10.8. The highest BCUT2D eigenvalue weighted by Crippen LogP contribution is 2.72. The van der Waals surface area contributed by atoms with Crippen LogP contribution < -0.4 is 10.6 Å². The minimum absolute atomic E-state index is 0.0398. The Morgan fingerprint density at radius 3 is 2.57 bits per heavy atom. The fraction of sp³-hybridized carbons (Fsp3) is 0.562. The number of rotatable bonds is 5. The van der Waals surface area contributed by atoms with Gasteiger partial charge in [-0.3, -0.25) is 4.79 Å². The lowest BCUT2D eigenvalue weighted by Gasteiger charge is -2.20. The lowest BCUT2D eigenvalue weighted by molar-refractivity contribution is -0.190. The standard InChI is InChI=1S/C16H19F3N2O2/c1-23-6-11-2-4-12(5-3-11)13(22)21-9-14-7-15(14,10-20-8-14)16(17,18)19/h2-5,20H,6-10H2,1H3,(H,21,22)/t14-,15-/m1/s1. The van der Waals surface area contributed by atoms with E-state index < -0.39 is 17.0 Å². The molecule has 0 aromatic heterocycles. The van der Waals surface area contributed by atoms with Crippen molar-refractivity contribution in [2.24, 2.45) is 10.8 Å². The second-order valence-corrected chi connectivity index (χ2v) is 6.45. The van der Waals surface area contributed by atoms with Gasteiger partial charge in [0.25, 0.3) is 5.91 Å². The summed E-state index contributed by atoms with van der Waals surface area (Å²) in [5.74, 6) is -0.349. The number of carbonyl (C=O) groups excluding carboxylic acids is 1. The maximum Gasteiger partial charge on any atom is 0.396 e. The summed E-state index contributed by atoms with van der Waals surface area (Å²) in [5.41, 5.74) is -1.20. The van der Waals surface area contributed by atoms with E-state index in [2.05, 4.69) is 10.6 Å². The van der Waals surface area contributed by atoms with Crippen molar-refractivity contribution in [2.45, 2.75) is 19.2 Å². The van der Waals surface area contributed by atoms with Gasteiger partial charge < -0.3 is 15.4 Å². The number of amides is 1. The molecule has 2 aliphatic rings. The van der Waals surface area contributed by atoms with Crippen LogP contribution in [0.3, 0.4) is 0 Å². The molecular weight excluding hydrogens is 309 g/mol. The van der Waals surface area contributed by atoms with E-state index in [0.717, 1.165) is 5.56 Å². The highest BCUT2D eigenvalue weighted by molar-refractivity contribution is 5.94. The summed E-state index contributed by atoms with van der Waals surface area (Å²) in [6.45, 7) is 0.723. The molecule has 0 spiro atoms. The highest BCUT2D eigenvalue weighted by Gasteiger charge is 2.81. The number of ether oxygens (including phenoxy) is 1. The van der Waals surface area contributed by atoms with Gasteiger partial charge in [0.05, 0.1) is 12.0 Å². The molecule has 1 aliphatic carbocycles. The van der Waals surface area contributed by atoms with E-state index in [0.29, 0.717) is 18.7 Å². The Morgan fingerprint density at radius 1 is 1.30 bits per heavy atom. The van der Waals surface area contributed by atoms with Crippen LogP contribution in [-0.2, 0) is 11.3 Å². The van der Waals surface area contributed by atoms with Gasteiger partial charge in [0.15, 0.2) is 0 Å². The van der Waals surface area contributed by atoms with E-state index in [1.54, 1.807) is 31.4 Å². The van der Waals surface area contributed by atoms with E-state index in [1.807, 2.05) is 0 Å². The number of carbonyl (C=O) groups is 1. The molecule has 1 aromatic rings. The van der Waals surface area contributed by atoms with Gasteiger partial charge in [0.2, 0.25) is 0 Å². The first-order valence-corrected chi connectivity index (χ1v) is 7.47. The summed E-state index contributed by atoms with van der Waals surface area (Å²) in [6, 6.07) is 6.84. The summed E-state index contributed by atoms with van der Waals surface area (Å²) in [4.78, 5) is 12.1. The zero-order valence-electron chi connectivity index (χ0n) is 12.8. The lowest BCUT2D eigenvalue weighted by atomic mass is 9.95. The molecule has 4 nitrogen and oxygen atoms in total. The molecular formula is C16H19F3N2O2. The van der Waals surface area contributed by atoms with E-state index in [1.165, 1.54) is 0 Å². The molecule has 23 heavy (non-hydrogen) atoms. The van der Waals surface area contributed by atoms with Crippen LogP contribution in [-0.4, -0.2) is 38.8 Å². The maximum absolute atomic E-state index is 13.2. The number of nitrogens with one attached hydrogen (secondary N) is 2. The molecule has 0 unspecified atom stereocenters. The minimum Gasteiger partial charge on any atom is -0.380 e. The van der Waals surface area contributed by atoms with Crippen molar-refractivity contribution >= 4 is 5.91 Å². The van der Waals surface area contributed by atoms with Gasteiger partial charge in [0, 0.05) is 37.7 Å². The van der Waals surface area contributed by atoms with E-state index in [9.17, 15) is 18.0 Å². The van der Waals surface area contributed by atoms with Gasteiger partial charge in [0.1, 0.15) is 0 Å². The minimum atomic E-state index is -4.23. The predicted octanol–water partition coefficient (Wildman–Crippen LogP) is 2.10. The van der Waals surface area contributed by atoms with Crippen LogP contribution in [0.15, 0.2) is 24.3 Å². The summed E-state index contributed by atoms with van der Waals surface area (Å²) in [6.07, 6.45) is -4.15. The zero-order chi connectivity index (χ0) is 16.7. The first-order valence-electron chi connectivity index (χ1n) is 7.47. The maximum atomic E-state index is 13.2. The Hall–Kier alpha value is -1.60. The predicted molar refractivity (Wildman–Crippen MR) is 77.9 cm³/mol. The molecule has 2 fully saturated rings. The Kier molecular flexibility index (Phi) is 3.88. The monoisotopic (exact) mass is 328 g/mol. The summed E-state index contributed by atoms with van der Waals surface area (Å²) in [5, 5.41) is 5.47. The van der Waals surface area contributed by atoms with Gasteiger partial charge in [-0.2, -0.15) is 13.2 Å². The molecule has 1 amide bonds. The molecule has 1 heterocycles. The van der Waals surface area contributed by atoms with E-state index in [4.69, 9.17) is 4.74 Å². The largest absolute Gasteiger partial charge is 0.396 e. The third kappa shape index (κ3) is 2.61. The molecule has 0 radical (unpaired) electrons. The van der Waals surface area contributed by atoms with E-state index in [-0.39, 0.29) is 25.4 Å². The van der Waals surface area contributed by atoms with Crippen molar-refractivity contribution in [1.82, 2.24) is 10.6 Å². The fourth-order valence-electron chi connectivity index (χ4n) is 3.60. The van der Waals surface area contributed by atoms with Crippen molar-refractivity contribution in [3.05, 3.63) is 35.4 Å². The molecule has 0 bridgehead atoms. The quantitative estimate of drug-likeness (QED) is 0.870. The molecule has 2 N–H and O–H groups in total. The van der Waals surface area contributed by atoms with Crippen LogP contribution in [0.5, 0.6) is 0 Å². The number of fused-ring (bicyclic) bond motifs is 1. The molecule has 1 aliphatic heterocycles. The van der Waals surface area contributed by atoms with Gasteiger partial charge >= 0.3 is 6.18 Å². The number of hydrogen-bond acceptors (Lipinski definition) is 3. The smallest absolute Gasteiger partial charge is 0.380 e. The SMILES string of the molecule is COCc1ccc(C(=O)NC[C@@]23CNC[C@]2(C(F)(F)F)C3)cc1. The average molecular weight is 328 g/mol. The van der Waals surface area contributed by atoms with Crippen molar-refractivity contribution < 1.29 is 22.7 Å². The average Bonchev–Trinajstić information content (AvgIpc) is 3.03. The Labute approximate surface area is 132 Å². The summed E-state index contributed by atoms with van der Waals surface area (Å²) < 4.78 is 44.7. The van der Waals surface area contributed by atoms with Gasteiger partial charge in [-0.1, -0.05) is 12.1 Å². The fourth-order valence-corrected chi connectivity index (χ4v) is 3.60. The summed E-state index contributed by atoms with van der Waals surface area (Å²) >= 11 is 0. The molecule has 7 heteroatoms. The Balaban J connectivity index is 1.62. The Morgan fingerprint density at radius 2 is 2.00 bits per heavy atom. The van der Waals surface area contributed by atoms with Crippen LogP contribution >= 0.6 is 0 Å². The third-order valence-electron chi connectivity index (χ3n) is 5.08. The molecule has 1 aromatic carbocycles. The first kappa shape index (κ1) is 16.3. The molecule has 3 rings (SSSR count). The van der Waals surface area contributed by atoms with Crippen molar-refractivity contribution in [3.8, 4) is 0 Å². The molecule has 2 atom stereocenters. The second kappa shape index (κ2) is 5.49. The lowest BCUT2D eigenvalue weighted by Crippen LogP contribution is -2.37. The van der Waals surface area contributed by atoms with Crippen LogP contribution in [0.25, 0.3) is 0 Å². The number of alkyl halides is 3. The summed E-state index contributed by atoms with van der Waals surface area (Å²) in [7, 11) is 1.58. The number of piperidine rings is 1. The number of benzene rings is 1. The number of hydrogen-bond donors (Lipinski definition) is 2. The molecule has 1 saturated carbocycles. The highest BCUT2D eigenvalue weighted by atomic mass is 19.4. The van der Waals surface area contributed by atoms with Crippen molar-refractivity contribution in [1.29, 1.82) is 0 Å². The van der Waals surface area contributed by atoms with Gasteiger partial charge in [-0.15, -0.1) is 0 Å².